The fourth-order valence-electron chi connectivity index (χ4n) is 2.85. The Morgan fingerprint density at radius 1 is 1.47 bits per heavy atom. The van der Waals surface area contributed by atoms with Gasteiger partial charge in [0.05, 0.1) is 0 Å². The molecule has 2 saturated heterocycles. The van der Waals surface area contributed by atoms with Gasteiger partial charge in [-0.25, -0.2) is 0 Å². The zero-order chi connectivity index (χ0) is 12.1. The van der Waals surface area contributed by atoms with Crippen LogP contribution in [0.3, 0.4) is 0 Å². The average molecular weight is 239 g/mol. The molecule has 2 rings (SSSR count). The van der Waals surface area contributed by atoms with Gasteiger partial charge in [-0.2, -0.15) is 0 Å². The molecule has 0 radical (unpaired) electrons. The van der Waals surface area contributed by atoms with Crippen molar-refractivity contribution in [1.82, 2.24) is 15.5 Å². The average Bonchev–Trinajstić information content (AvgIpc) is 2.95. The van der Waals surface area contributed by atoms with Gasteiger partial charge in [-0.3, -0.25) is 4.79 Å². The Bertz CT molecular complexity index is 251. The van der Waals surface area contributed by atoms with E-state index in [2.05, 4.69) is 22.6 Å². The molecular formula is C13H25N3O. The third kappa shape index (κ3) is 3.96. The van der Waals surface area contributed by atoms with Gasteiger partial charge in [-0.15, -0.1) is 0 Å². The van der Waals surface area contributed by atoms with Gasteiger partial charge in [-0.1, -0.05) is 0 Å². The van der Waals surface area contributed by atoms with Gasteiger partial charge < -0.3 is 15.5 Å². The standard InChI is InChI=1S/C13H25N3O/c1-16-8-2-3-12(16)10-15-13(17)5-4-11-6-7-14-9-11/h11-12,14H,2-10H2,1H3,(H,15,17). The highest BCUT2D eigenvalue weighted by Gasteiger charge is 2.21. The summed E-state index contributed by atoms with van der Waals surface area (Å²) in [5.41, 5.74) is 0. The summed E-state index contributed by atoms with van der Waals surface area (Å²) in [6.07, 6.45) is 5.47. The van der Waals surface area contributed by atoms with Crippen LogP contribution in [0.4, 0.5) is 0 Å². The molecule has 2 unspecified atom stereocenters. The fourth-order valence-corrected chi connectivity index (χ4v) is 2.85. The van der Waals surface area contributed by atoms with Crippen molar-refractivity contribution >= 4 is 5.91 Å². The van der Waals surface area contributed by atoms with E-state index in [9.17, 15) is 4.79 Å². The van der Waals surface area contributed by atoms with E-state index >= 15 is 0 Å². The Morgan fingerprint density at radius 2 is 2.35 bits per heavy atom. The van der Waals surface area contributed by atoms with E-state index in [0.717, 1.165) is 32.0 Å². The summed E-state index contributed by atoms with van der Waals surface area (Å²) in [7, 11) is 2.15. The topological polar surface area (TPSA) is 44.4 Å². The minimum absolute atomic E-state index is 0.234. The van der Waals surface area contributed by atoms with Crippen LogP contribution < -0.4 is 10.6 Å². The Balaban J connectivity index is 1.57. The van der Waals surface area contributed by atoms with Crippen LogP contribution >= 0.6 is 0 Å². The molecule has 0 aromatic rings. The highest BCUT2D eigenvalue weighted by molar-refractivity contribution is 5.75. The van der Waals surface area contributed by atoms with Crippen molar-refractivity contribution in [2.45, 2.75) is 38.1 Å². The molecular weight excluding hydrogens is 214 g/mol. The van der Waals surface area contributed by atoms with Gasteiger partial charge in [0.2, 0.25) is 5.91 Å². The number of likely N-dealkylation sites (N-methyl/N-ethyl adjacent to an activating group) is 1. The van der Waals surface area contributed by atoms with Crippen LogP contribution in [0, 0.1) is 5.92 Å². The van der Waals surface area contributed by atoms with E-state index in [1.165, 1.54) is 25.8 Å². The van der Waals surface area contributed by atoms with Crippen LogP contribution in [0.2, 0.25) is 0 Å². The van der Waals surface area contributed by atoms with Crippen LogP contribution in [0.15, 0.2) is 0 Å². The summed E-state index contributed by atoms with van der Waals surface area (Å²) in [5.74, 6) is 0.951. The van der Waals surface area contributed by atoms with Gasteiger partial charge in [-0.05, 0) is 58.3 Å². The normalized spacial score (nSPS) is 29.7. The smallest absolute Gasteiger partial charge is 0.220 e. The molecule has 17 heavy (non-hydrogen) atoms. The molecule has 2 fully saturated rings. The van der Waals surface area contributed by atoms with Crippen LogP contribution in [-0.2, 0) is 4.79 Å². The summed E-state index contributed by atoms with van der Waals surface area (Å²) in [6, 6.07) is 0.562. The molecule has 2 aliphatic rings. The lowest BCUT2D eigenvalue weighted by molar-refractivity contribution is -0.121. The Morgan fingerprint density at radius 3 is 3.00 bits per heavy atom. The molecule has 4 nitrogen and oxygen atoms in total. The predicted octanol–water partition coefficient (Wildman–Crippen LogP) is 0.587. The van der Waals surface area contributed by atoms with E-state index in [-0.39, 0.29) is 5.91 Å². The second-order valence-corrected chi connectivity index (χ2v) is 5.48. The maximum atomic E-state index is 11.7. The third-order valence-corrected chi connectivity index (χ3v) is 4.15. The maximum Gasteiger partial charge on any atom is 0.220 e. The monoisotopic (exact) mass is 239 g/mol. The number of nitrogens with zero attached hydrogens (tertiary/aromatic N) is 1. The number of carbonyl (C=O) groups excluding carboxylic acids is 1. The van der Waals surface area contributed by atoms with Gasteiger partial charge >= 0.3 is 0 Å². The van der Waals surface area contributed by atoms with Crippen LogP contribution in [0.1, 0.15) is 32.1 Å². The van der Waals surface area contributed by atoms with E-state index in [0.29, 0.717) is 12.5 Å². The number of amides is 1. The highest BCUT2D eigenvalue weighted by Crippen LogP contribution is 2.15. The molecule has 2 N–H and O–H groups in total. The predicted molar refractivity (Wildman–Crippen MR) is 68.9 cm³/mol. The lowest BCUT2D eigenvalue weighted by atomic mass is 10.0. The van der Waals surface area contributed by atoms with E-state index in [1.54, 1.807) is 0 Å². The molecule has 0 aromatic heterocycles. The van der Waals surface area contributed by atoms with Crippen LogP contribution in [0.5, 0.6) is 0 Å². The second-order valence-electron chi connectivity index (χ2n) is 5.48. The summed E-state index contributed by atoms with van der Waals surface area (Å²) in [6.45, 7) is 4.23. The number of rotatable bonds is 5. The van der Waals surface area contributed by atoms with Crippen LogP contribution in [-0.4, -0.2) is 50.1 Å². The van der Waals surface area contributed by atoms with Gasteiger partial charge in [0.1, 0.15) is 0 Å². The van der Waals surface area contributed by atoms with Crippen molar-refractivity contribution in [3.63, 3.8) is 0 Å². The molecule has 4 heteroatoms. The first-order chi connectivity index (χ1) is 8.25. The second kappa shape index (κ2) is 6.36. The van der Waals surface area contributed by atoms with E-state index in [1.807, 2.05) is 0 Å². The van der Waals surface area contributed by atoms with Crippen LogP contribution in [0.25, 0.3) is 0 Å². The maximum absolute atomic E-state index is 11.7. The first kappa shape index (κ1) is 12.8. The Kier molecular flexibility index (Phi) is 4.80. The molecule has 98 valence electrons. The number of nitrogens with one attached hydrogen (secondary N) is 2. The summed E-state index contributed by atoms with van der Waals surface area (Å²) in [4.78, 5) is 14.1. The molecule has 2 aliphatic heterocycles. The van der Waals surface area contributed by atoms with E-state index in [4.69, 9.17) is 0 Å². The Labute approximate surface area is 104 Å². The lowest BCUT2D eigenvalue weighted by Gasteiger charge is -2.19. The molecule has 0 bridgehead atoms. The highest BCUT2D eigenvalue weighted by atomic mass is 16.1. The van der Waals surface area contributed by atoms with Gasteiger partial charge in [0.25, 0.3) is 0 Å². The molecule has 2 atom stereocenters. The molecule has 2 heterocycles. The molecule has 1 amide bonds. The summed E-state index contributed by atoms with van der Waals surface area (Å²) < 4.78 is 0. The van der Waals surface area contributed by atoms with Crippen molar-refractivity contribution in [2.24, 2.45) is 5.92 Å². The fraction of sp³-hybridized carbons (Fsp3) is 0.923. The molecule has 0 aromatic carbocycles. The van der Waals surface area contributed by atoms with Crippen molar-refractivity contribution in [1.29, 1.82) is 0 Å². The van der Waals surface area contributed by atoms with Crippen molar-refractivity contribution in [3.8, 4) is 0 Å². The number of hydrogen-bond acceptors (Lipinski definition) is 3. The largest absolute Gasteiger partial charge is 0.355 e. The van der Waals surface area contributed by atoms with Crippen molar-refractivity contribution in [3.05, 3.63) is 0 Å². The zero-order valence-electron chi connectivity index (χ0n) is 10.9. The van der Waals surface area contributed by atoms with Crippen molar-refractivity contribution in [2.75, 3.05) is 33.2 Å². The number of hydrogen-bond donors (Lipinski definition) is 2. The van der Waals surface area contributed by atoms with Gasteiger partial charge in [0.15, 0.2) is 0 Å². The number of carbonyl (C=O) groups is 1. The lowest BCUT2D eigenvalue weighted by Crippen LogP contribution is -2.38. The first-order valence-corrected chi connectivity index (χ1v) is 6.93. The quantitative estimate of drug-likeness (QED) is 0.738. The molecule has 0 saturated carbocycles. The Hall–Kier alpha value is -0.610. The number of likely N-dealkylation sites (tertiary alicyclic amines) is 1. The minimum atomic E-state index is 0.234. The molecule has 0 spiro atoms. The third-order valence-electron chi connectivity index (χ3n) is 4.15. The van der Waals surface area contributed by atoms with Crippen molar-refractivity contribution < 1.29 is 4.79 Å². The summed E-state index contributed by atoms with van der Waals surface area (Å²) in [5, 5.41) is 6.42. The molecule has 0 aliphatic carbocycles. The summed E-state index contributed by atoms with van der Waals surface area (Å²) >= 11 is 0. The SMILES string of the molecule is CN1CCCC1CNC(=O)CCC1CCNC1. The van der Waals surface area contributed by atoms with E-state index < -0.39 is 0 Å². The van der Waals surface area contributed by atoms with Gasteiger partial charge in [0, 0.05) is 19.0 Å². The first-order valence-electron chi connectivity index (χ1n) is 6.93. The minimum Gasteiger partial charge on any atom is -0.355 e. The zero-order valence-corrected chi connectivity index (χ0v) is 10.9.